The molecule has 2 N–H and O–H groups in total. The fraction of sp³-hybridized carbons (Fsp3) is 0.704. The lowest BCUT2D eigenvalue weighted by Crippen LogP contribution is -2.50. The Morgan fingerprint density at radius 3 is 2.53 bits per heavy atom. The summed E-state index contributed by atoms with van der Waals surface area (Å²) in [7, 11) is -1.66. The van der Waals surface area contributed by atoms with Crippen molar-refractivity contribution < 1.29 is 10.2 Å². The molecule has 2 fully saturated rings. The number of aryl methyl sites for hydroxylation is 1. The smallest absolute Gasteiger partial charge is 0.140 e. The average molecular weight is 425 g/mol. The number of hydrogen-bond donors (Lipinski definition) is 2. The molecule has 164 valence electrons. The maximum absolute atomic E-state index is 11.9. The van der Waals surface area contributed by atoms with Gasteiger partial charge in [-0.3, -0.25) is 0 Å². The molecule has 1 aromatic rings. The highest BCUT2D eigenvalue weighted by Crippen LogP contribution is 2.64. The predicted molar refractivity (Wildman–Crippen MR) is 127 cm³/mol. The number of hydrogen-bond acceptors (Lipinski definition) is 2. The van der Waals surface area contributed by atoms with Gasteiger partial charge in [0.2, 0.25) is 0 Å². The van der Waals surface area contributed by atoms with Gasteiger partial charge in [0.25, 0.3) is 0 Å². The lowest BCUT2D eigenvalue weighted by Gasteiger charge is -2.52. The molecule has 0 spiro atoms. The number of fused-ring (bicyclic) bond motifs is 5. The van der Waals surface area contributed by atoms with Gasteiger partial charge in [-0.1, -0.05) is 46.6 Å². The van der Waals surface area contributed by atoms with Crippen LogP contribution in [0.1, 0.15) is 83.8 Å². The van der Waals surface area contributed by atoms with Crippen molar-refractivity contribution in [2.45, 2.75) is 102 Å². The van der Waals surface area contributed by atoms with Crippen molar-refractivity contribution in [1.29, 1.82) is 0 Å². The Hall–Kier alpha value is -1.24. The first-order chi connectivity index (χ1) is 14.2. The van der Waals surface area contributed by atoms with Crippen LogP contribution >= 0.6 is 0 Å². The predicted octanol–water partition coefficient (Wildman–Crippen LogP) is 6.42. The minimum absolute atomic E-state index is 0.0891. The van der Waals surface area contributed by atoms with E-state index in [4.69, 9.17) is 0 Å². The van der Waals surface area contributed by atoms with Gasteiger partial charge in [0.15, 0.2) is 0 Å². The van der Waals surface area contributed by atoms with Crippen LogP contribution in [-0.4, -0.2) is 23.9 Å². The number of rotatable bonds is 3. The highest BCUT2D eigenvalue weighted by atomic mass is 28.3. The minimum atomic E-state index is -1.66. The van der Waals surface area contributed by atoms with E-state index in [9.17, 15) is 10.2 Å². The Balaban J connectivity index is 1.65. The van der Waals surface area contributed by atoms with Gasteiger partial charge in [0.1, 0.15) is 19.4 Å². The number of phenolic OH excluding ortho intramolecular Hbond substituents is 1. The van der Waals surface area contributed by atoms with E-state index < -0.39 is 13.7 Å². The van der Waals surface area contributed by atoms with Gasteiger partial charge in [-0.05, 0) is 97.2 Å². The lowest BCUT2D eigenvalue weighted by atomic mass is 9.53. The molecule has 0 aromatic heterocycles. The number of benzene rings is 1. The van der Waals surface area contributed by atoms with Gasteiger partial charge in [-0.15, -0.1) is 5.54 Å². The van der Waals surface area contributed by atoms with E-state index in [0.717, 1.165) is 32.1 Å². The summed E-state index contributed by atoms with van der Waals surface area (Å²) >= 11 is 0. The van der Waals surface area contributed by atoms with Crippen LogP contribution in [0.4, 0.5) is 0 Å². The number of aliphatic hydroxyl groups is 1. The molecule has 3 aliphatic carbocycles. The Kier molecular flexibility index (Phi) is 5.65. The molecule has 5 atom stereocenters. The second kappa shape index (κ2) is 7.71. The largest absolute Gasteiger partial charge is 0.508 e. The molecule has 1 aromatic carbocycles. The molecule has 3 aliphatic rings. The topological polar surface area (TPSA) is 40.5 Å². The molecule has 0 heterocycles. The lowest BCUT2D eigenvalue weighted by molar-refractivity contribution is -0.0647. The summed E-state index contributed by atoms with van der Waals surface area (Å²) < 4.78 is 0. The Morgan fingerprint density at radius 2 is 1.87 bits per heavy atom. The quantitative estimate of drug-likeness (QED) is 0.434. The molecular weight excluding hydrogens is 384 g/mol. The van der Waals surface area contributed by atoms with E-state index in [1.165, 1.54) is 29.6 Å². The molecular formula is C27H40O2Si. The first-order valence-electron chi connectivity index (χ1n) is 12.3. The van der Waals surface area contributed by atoms with Crippen molar-refractivity contribution in [3.05, 3.63) is 29.3 Å². The molecule has 4 rings (SSSR count). The van der Waals surface area contributed by atoms with Gasteiger partial charge in [0, 0.05) is 5.41 Å². The highest BCUT2D eigenvalue weighted by molar-refractivity contribution is 6.88. The maximum atomic E-state index is 11.9. The summed E-state index contributed by atoms with van der Waals surface area (Å²) in [5.41, 5.74) is 6.29. The van der Waals surface area contributed by atoms with E-state index in [-0.39, 0.29) is 5.41 Å². The molecule has 0 bridgehead atoms. The normalized spacial score (nSPS) is 35.2. The van der Waals surface area contributed by atoms with Crippen molar-refractivity contribution in [1.82, 2.24) is 0 Å². The highest BCUT2D eigenvalue weighted by Gasteiger charge is 2.61. The third-order valence-corrected chi connectivity index (χ3v) is 15.1. The van der Waals surface area contributed by atoms with Crippen molar-refractivity contribution >= 4 is 8.07 Å². The fourth-order valence-electron chi connectivity index (χ4n) is 7.41. The molecule has 30 heavy (non-hydrogen) atoms. The summed E-state index contributed by atoms with van der Waals surface area (Å²) in [6.45, 7) is 11.6. The minimum Gasteiger partial charge on any atom is -0.508 e. The third kappa shape index (κ3) is 3.18. The Labute approximate surface area is 184 Å². The summed E-state index contributed by atoms with van der Waals surface area (Å²) in [6, 6.07) is 8.35. The van der Waals surface area contributed by atoms with Crippen LogP contribution in [0, 0.1) is 28.7 Å². The third-order valence-electron chi connectivity index (χ3n) is 9.75. The van der Waals surface area contributed by atoms with Gasteiger partial charge in [-0.2, -0.15) is 0 Å². The van der Waals surface area contributed by atoms with E-state index in [1.807, 2.05) is 12.1 Å². The van der Waals surface area contributed by atoms with Crippen LogP contribution in [0.25, 0.3) is 0 Å². The van der Waals surface area contributed by atoms with Crippen LogP contribution < -0.4 is 0 Å². The Bertz CT molecular complexity index is 861. The van der Waals surface area contributed by atoms with Crippen LogP contribution in [0.3, 0.4) is 0 Å². The summed E-state index contributed by atoms with van der Waals surface area (Å²) in [5, 5.41) is 21.8. The van der Waals surface area contributed by atoms with Crippen molar-refractivity contribution in [2.75, 3.05) is 0 Å². The van der Waals surface area contributed by atoms with Crippen molar-refractivity contribution in [3.8, 4) is 17.2 Å². The second-order valence-corrected chi connectivity index (χ2v) is 16.1. The van der Waals surface area contributed by atoms with Crippen LogP contribution in [0.5, 0.6) is 5.75 Å². The SMILES string of the molecule is CC[Si](C#C[C@]1(O)CC[C@H]2[C@@H]3CCc4cc(O)ccc4[C@H]3CC[C@@]21C)(CC)C(C)C. The monoisotopic (exact) mass is 424 g/mol. The number of aromatic hydroxyl groups is 1. The molecule has 0 amide bonds. The molecule has 2 nitrogen and oxygen atoms in total. The van der Waals surface area contributed by atoms with Gasteiger partial charge in [0.05, 0.1) is 0 Å². The standard InChI is InChI=1S/C27H40O2Si/c1-6-30(7-2,19(3)4)17-16-27(29)15-13-25-24-10-8-20-18-21(28)9-11-22(20)23(24)12-14-26(25,27)5/h9,11,18-19,23-25,28-29H,6-8,10,12-15H2,1-5H3/t23-,24-,25+,26+,27-/m1/s1. The van der Waals surface area contributed by atoms with E-state index >= 15 is 0 Å². The molecule has 0 unspecified atom stereocenters. The van der Waals surface area contributed by atoms with E-state index in [2.05, 4.69) is 52.1 Å². The maximum Gasteiger partial charge on any atom is 0.140 e. The molecule has 2 saturated carbocycles. The van der Waals surface area contributed by atoms with Crippen LogP contribution in [-0.2, 0) is 6.42 Å². The summed E-state index contributed by atoms with van der Waals surface area (Å²) in [5.74, 6) is 5.74. The number of phenols is 1. The first kappa shape index (κ1) is 22.0. The average Bonchev–Trinajstić information content (AvgIpc) is 3.00. The second-order valence-electron chi connectivity index (χ2n) is 10.9. The van der Waals surface area contributed by atoms with Crippen molar-refractivity contribution in [2.24, 2.45) is 17.3 Å². The van der Waals surface area contributed by atoms with Crippen molar-refractivity contribution in [3.63, 3.8) is 0 Å². The fourth-order valence-corrected chi connectivity index (χ4v) is 10.6. The molecule has 0 saturated heterocycles. The molecule has 0 radical (unpaired) electrons. The van der Waals surface area contributed by atoms with E-state index in [1.54, 1.807) is 0 Å². The summed E-state index contributed by atoms with van der Waals surface area (Å²) in [4.78, 5) is 0. The van der Waals surface area contributed by atoms with Gasteiger partial charge < -0.3 is 10.2 Å². The Morgan fingerprint density at radius 1 is 1.13 bits per heavy atom. The van der Waals surface area contributed by atoms with Crippen LogP contribution in [0.15, 0.2) is 18.2 Å². The van der Waals surface area contributed by atoms with Gasteiger partial charge in [-0.25, -0.2) is 0 Å². The zero-order valence-electron chi connectivity index (χ0n) is 19.6. The zero-order valence-corrected chi connectivity index (χ0v) is 20.6. The zero-order chi connectivity index (χ0) is 21.7. The van der Waals surface area contributed by atoms with Gasteiger partial charge >= 0.3 is 0 Å². The molecule has 3 heteroatoms. The van der Waals surface area contributed by atoms with E-state index in [0.29, 0.717) is 29.0 Å². The summed E-state index contributed by atoms with van der Waals surface area (Å²) in [6.07, 6.45) is 6.36. The first-order valence-corrected chi connectivity index (χ1v) is 14.8. The van der Waals surface area contributed by atoms with Crippen LogP contribution in [0.2, 0.25) is 17.6 Å². The molecule has 0 aliphatic heterocycles.